The number of carbonyl (C=O) groups excluding carboxylic acids is 2. The number of esters is 1. The van der Waals surface area contributed by atoms with Crippen LogP contribution in [0.2, 0.25) is 0 Å². The van der Waals surface area contributed by atoms with Crippen molar-refractivity contribution in [3.05, 3.63) is 58.4 Å². The average Bonchev–Trinajstić information content (AvgIpc) is 2.57. The Morgan fingerprint density at radius 3 is 2.23 bits per heavy atom. The van der Waals surface area contributed by atoms with Gasteiger partial charge in [-0.3, -0.25) is 4.79 Å². The van der Waals surface area contributed by atoms with Crippen molar-refractivity contribution >= 4 is 17.6 Å². The first-order valence-corrected chi connectivity index (χ1v) is 8.16. The van der Waals surface area contributed by atoms with E-state index in [1.807, 2.05) is 32.9 Å². The van der Waals surface area contributed by atoms with Crippen LogP contribution in [-0.2, 0) is 9.53 Å². The number of ether oxygens (including phenoxy) is 2. The van der Waals surface area contributed by atoms with E-state index in [1.54, 1.807) is 0 Å². The predicted octanol–water partition coefficient (Wildman–Crippen LogP) is 3.94. The van der Waals surface area contributed by atoms with Crippen molar-refractivity contribution in [2.45, 2.75) is 33.8 Å². The SMILES string of the molecule is COc1ccc(C(=O)O[C@H](C)C(=O)Nc2c(C)cc(C)cc2C)cc1F. The van der Waals surface area contributed by atoms with E-state index in [0.717, 1.165) is 22.8 Å². The van der Waals surface area contributed by atoms with Crippen LogP contribution in [0.3, 0.4) is 0 Å². The van der Waals surface area contributed by atoms with Gasteiger partial charge in [-0.25, -0.2) is 9.18 Å². The third kappa shape index (κ3) is 4.39. The molecule has 6 heteroatoms. The number of methoxy groups -OCH3 is 1. The molecule has 2 aromatic rings. The number of aryl methyl sites for hydroxylation is 3. The lowest BCUT2D eigenvalue weighted by Crippen LogP contribution is -2.30. The van der Waals surface area contributed by atoms with Crippen molar-refractivity contribution in [1.82, 2.24) is 0 Å². The van der Waals surface area contributed by atoms with Gasteiger partial charge in [-0.2, -0.15) is 0 Å². The minimum Gasteiger partial charge on any atom is -0.494 e. The standard InChI is InChI=1S/C20H22FNO4/c1-11-8-12(2)18(13(3)9-11)22-19(23)14(4)26-20(24)15-6-7-17(25-5)16(21)10-15/h6-10,14H,1-5H3,(H,22,23)/t14-/m1/s1. The summed E-state index contributed by atoms with van der Waals surface area (Å²) in [6, 6.07) is 7.64. The molecule has 0 saturated carbocycles. The fraction of sp³-hybridized carbons (Fsp3) is 0.300. The summed E-state index contributed by atoms with van der Waals surface area (Å²) in [7, 11) is 1.33. The Bertz CT molecular complexity index is 825. The van der Waals surface area contributed by atoms with Gasteiger partial charge in [0.2, 0.25) is 0 Å². The topological polar surface area (TPSA) is 64.6 Å². The van der Waals surface area contributed by atoms with Crippen LogP contribution in [0.4, 0.5) is 10.1 Å². The van der Waals surface area contributed by atoms with Crippen LogP contribution < -0.4 is 10.1 Å². The number of nitrogens with one attached hydrogen (secondary N) is 1. The summed E-state index contributed by atoms with van der Waals surface area (Å²) < 4.78 is 23.7. The molecule has 2 rings (SSSR count). The van der Waals surface area contributed by atoms with E-state index in [2.05, 4.69) is 5.32 Å². The Morgan fingerprint density at radius 1 is 1.08 bits per heavy atom. The lowest BCUT2D eigenvalue weighted by Gasteiger charge is -2.17. The number of benzene rings is 2. The normalized spacial score (nSPS) is 11.6. The quantitative estimate of drug-likeness (QED) is 0.821. The fourth-order valence-electron chi connectivity index (χ4n) is 2.68. The highest BCUT2D eigenvalue weighted by molar-refractivity contribution is 5.98. The second-order valence-corrected chi connectivity index (χ2v) is 6.16. The Balaban J connectivity index is 2.07. The molecule has 0 spiro atoms. The van der Waals surface area contributed by atoms with Gasteiger partial charge in [-0.15, -0.1) is 0 Å². The van der Waals surface area contributed by atoms with E-state index >= 15 is 0 Å². The van der Waals surface area contributed by atoms with Crippen LogP contribution in [-0.4, -0.2) is 25.1 Å². The van der Waals surface area contributed by atoms with E-state index in [-0.39, 0.29) is 11.3 Å². The largest absolute Gasteiger partial charge is 0.494 e. The van der Waals surface area contributed by atoms with E-state index in [9.17, 15) is 14.0 Å². The van der Waals surface area contributed by atoms with E-state index in [1.165, 1.54) is 26.2 Å². The van der Waals surface area contributed by atoms with Gasteiger partial charge in [0.05, 0.1) is 12.7 Å². The minimum absolute atomic E-state index is 0.00523. The van der Waals surface area contributed by atoms with Crippen molar-refractivity contribution in [2.24, 2.45) is 0 Å². The third-order valence-corrected chi connectivity index (χ3v) is 3.97. The molecule has 0 unspecified atom stereocenters. The first kappa shape index (κ1) is 19.4. The summed E-state index contributed by atoms with van der Waals surface area (Å²) in [5.41, 5.74) is 3.64. The molecule has 138 valence electrons. The van der Waals surface area contributed by atoms with Gasteiger partial charge in [0.1, 0.15) is 0 Å². The predicted molar refractivity (Wildman–Crippen MR) is 97.1 cm³/mol. The summed E-state index contributed by atoms with van der Waals surface area (Å²) in [5.74, 6) is -1.89. The fourth-order valence-corrected chi connectivity index (χ4v) is 2.68. The van der Waals surface area contributed by atoms with Crippen LogP contribution in [0.5, 0.6) is 5.75 Å². The maximum atomic E-state index is 13.7. The minimum atomic E-state index is -1.03. The number of anilines is 1. The molecule has 5 nitrogen and oxygen atoms in total. The van der Waals surface area contributed by atoms with Gasteiger partial charge in [-0.1, -0.05) is 17.7 Å². The highest BCUT2D eigenvalue weighted by Crippen LogP contribution is 2.23. The molecule has 2 aromatic carbocycles. The van der Waals surface area contributed by atoms with E-state index < -0.39 is 23.8 Å². The zero-order valence-corrected chi connectivity index (χ0v) is 15.5. The average molecular weight is 359 g/mol. The van der Waals surface area contributed by atoms with Gasteiger partial charge in [0, 0.05) is 5.69 Å². The van der Waals surface area contributed by atoms with Crippen LogP contribution in [0.15, 0.2) is 30.3 Å². The lowest BCUT2D eigenvalue weighted by atomic mass is 10.0. The van der Waals surface area contributed by atoms with E-state index in [0.29, 0.717) is 5.69 Å². The zero-order valence-electron chi connectivity index (χ0n) is 15.5. The molecule has 1 atom stereocenters. The lowest BCUT2D eigenvalue weighted by molar-refractivity contribution is -0.123. The molecule has 0 aliphatic rings. The molecule has 26 heavy (non-hydrogen) atoms. The highest BCUT2D eigenvalue weighted by Gasteiger charge is 2.21. The molecule has 0 bridgehead atoms. The summed E-state index contributed by atoms with van der Waals surface area (Å²) >= 11 is 0. The van der Waals surface area contributed by atoms with Gasteiger partial charge >= 0.3 is 5.97 Å². The van der Waals surface area contributed by atoms with E-state index in [4.69, 9.17) is 9.47 Å². The number of hydrogen-bond donors (Lipinski definition) is 1. The molecule has 0 aromatic heterocycles. The smallest absolute Gasteiger partial charge is 0.339 e. The van der Waals surface area contributed by atoms with Crippen LogP contribution in [0, 0.1) is 26.6 Å². The van der Waals surface area contributed by atoms with Crippen molar-refractivity contribution in [2.75, 3.05) is 12.4 Å². The number of hydrogen-bond acceptors (Lipinski definition) is 4. The Labute approximate surface area is 152 Å². The summed E-state index contributed by atoms with van der Waals surface area (Å²) in [5, 5.41) is 2.78. The number of carbonyl (C=O) groups is 2. The van der Waals surface area contributed by atoms with Crippen molar-refractivity contribution in [3.63, 3.8) is 0 Å². The van der Waals surface area contributed by atoms with Gasteiger partial charge in [0.15, 0.2) is 17.7 Å². The second-order valence-electron chi connectivity index (χ2n) is 6.16. The monoisotopic (exact) mass is 359 g/mol. The maximum Gasteiger partial charge on any atom is 0.339 e. The molecule has 0 fully saturated rings. The highest BCUT2D eigenvalue weighted by atomic mass is 19.1. The second kappa shape index (κ2) is 7.99. The molecule has 0 aliphatic carbocycles. The van der Waals surface area contributed by atoms with Gasteiger partial charge < -0.3 is 14.8 Å². The summed E-state index contributed by atoms with van der Waals surface area (Å²) in [6.07, 6.45) is -1.03. The molecule has 1 N–H and O–H groups in total. The number of halogens is 1. The maximum absolute atomic E-state index is 13.7. The zero-order chi connectivity index (χ0) is 19.4. The van der Waals surface area contributed by atoms with Crippen LogP contribution in [0.1, 0.15) is 34.0 Å². The molecular weight excluding hydrogens is 337 g/mol. The van der Waals surface area contributed by atoms with Crippen molar-refractivity contribution in [1.29, 1.82) is 0 Å². The van der Waals surface area contributed by atoms with Crippen LogP contribution in [0.25, 0.3) is 0 Å². The Hall–Kier alpha value is -2.89. The van der Waals surface area contributed by atoms with Gasteiger partial charge in [0.25, 0.3) is 5.91 Å². The third-order valence-electron chi connectivity index (χ3n) is 3.97. The first-order valence-electron chi connectivity index (χ1n) is 8.16. The molecule has 0 saturated heterocycles. The van der Waals surface area contributed by atoms with Crippen LogP contribution >= 0.6 is 0 Å². The Kier molecular flexibility index (Phi) is 5.97. The number of amides is 1. The van der Waals surface area contributed by atoms with Crippen molar-refractivity contribution in [3.8, 4) is 5.75 Å². The first-order chi connectivity index (χ1) is 12.2. The molecule has 0 aliphatic heterocycles. The molecule has 0 radical (unpaired) electrons. The molecule has 1 amide bonds. The number of rotatable bonds is 5. The Morgan fingerprint density at radius 2 is 1.69 bits per heavy atom. The molecule has 0 heterocycles. The summed E-state index contributed by atoms with van der Waals surface area (Å²) in [6.45, 7) is 7.23. The van der Waals surface area contributed by atoms with Gasteiger partial charge in [-0.05, 0) is 57.0 Å². The molecular formula is C20H22FNO4. The van der Waals surface area contributed by atoms with Crippen molar-refractivity contribution < 1.29 is 23.5 Å². The summed E-state index contributed by atoms with van der Waals surface area (Å²) in [4.78, 5) is 24.5.